The summed E-state index contributed by atoms with van der Waals surface area (Å²) >= 11 is 0. The predicted octanol–water partition coefficient (Wildman–Crippen LogP) is 0.791. The van der Waals surface area contributed by atoms with Crippen molar-refractivity contribution in [2.75, 3.05) is 6.54 Å². The van der Waals surface area contributed by atoms with Crippen molar-refractivity contribution in [2.45, 2.75) is 18.6 Å². The Kier molecular flexibility index (Phi) is 2.97. The molecule has 5 nitrogen and oxygen atoms in total. The molecular weight excluding hydrogens is 265 g/mol. The molecule has 106 valence electrons. The first-order valence-electron chi connectivity index (χ1n) is 6.46. The first kappa shape index (κ1) is 13.1. The van der Waals surface area contributed by atoms with Gasteiger partial charge >= 0.3 is 5.97 Å². The molecule has 0 spiro atoms. The smallest absolute Gasteiger partial charge is 0.326 e. The second-order valence-electron chi connectivity index (χ2n) is 5.36. The van der Waals surface area contributed by atoms with Crippen LogP contribution in [0.1, 0.15) is 18.1 Å². The van der Waals surface area contributed by atoms with Gasteiger partial charge in [0.1, 0.15) is 11.9 Å². The molecule has 2 N–H and O–H groups in total. The lowest BCUT2D eigenvalue weighted by atomic mass is 10.1. The van der Waals surface area contributed by atoms with Gasteiger partial charge in [-0.25, -0.2) is 9.18 Å². The van der Waals surface area contributed by atoms with Crippen LogP contribution in [-0.2, 0) is 9.59 Å². The van der Waals surface area contributed by atoms with E-state index >= 15 is 0 Å². The van der Waals surface area contributed by atoms with Gasteiger partial charge in [0.25, 0.3) is 5.91 Å². The maximum atomic E-state index is 13.6. The number of aliphatic hydroxyl groups excluding tert-OH is 1. The average Bonchev–Trinajstić information content (AvgIpc) is 3.07. The Balaban J connectivity index is 1.82. The third-order valence-corrected chi connectivity index (χ3v) is 4.12. The molecule has 0 aromatic heterocycles. The van der Waals surface area contributed by atoms with Gasteiger partial charge in [0, 0.05) is 12.1 Å². The number of likely N-dealkylation sites (tertiary alicyclic amines) is 1. The van der Waals surface area contributed by atoms with Crippen molar-refractivity contribution in [1.82, 2.24) is 4.90 Å². The summed E-state index contributed by atoms with van der Waals surface area (Å²) in [5, 5.41) is 19.2. The molecule has 20 heavy (non-hydrogen) atoms. The zero-order chi connectivity index (χ0) is 14.4. The van der Waals surface area contributed by atoms with Gasteiger partial charge in [-0.1, -0.05) is 18.2 Å². The lowest BCUT2D eigenvalue weighted by molar-refractivity contribution is -0.153. The summed E-state index contributed by atoms with van der Waals surface area (Å²) < 4.78 is 13.6. The van der Waals surface area contributed by atoms with Gasteiger partial charge in [-0.05, 0) is 24.3 Å². The van der Waals surface area contributed by atoms with Crippen LogP contribution in [0.2, 0.25) is 0 Å². The summed E-state index contributed by atoms with van der Waals surface area (Å²) in [5.74, 6) is -2.31. The Hall–Kier alpha value is -1.95. The van der Waals surface area contributed by atoms with E-state index in [2.05, 4.69) is 0 Å². The van der Waals surface area contributed by atoms with Crippen LogP contribution in [0.25, 0.3) is 0 Å². The van der Waals surface area contributed by atoms with E-state index in [9.17, 15) is 24.2 Å². The van der Waals surface area contributed by atoms with Crippen molar-refractivity contribution in [3.63, 3.8) is 0 Å². The molecule has 1 heterocycles. The number of nitrogens with zero attached hydrogens (tertiary/aromatic N) is 1. The van der Waals surface area contributed by atoms with E-state index in [1.165, 1.54) is 18.2 Å². The monoisotopic (exact) mass is 279 g/mol. The van der Waals surface area contributed by atoms with Crippen LogP contribution in [0.4, 0.5) is 4.39 Å². The number of benzene rings is 1. The predicted molar refractivity (Wildman–Crippen MR) is 66.1 cm³/mol. The molecule has 1 saturated heterocycles. The Bertz CT molecular complexity index is 576. The van der Waals surface area contributed by atoms with Crippen LogP contribution in [0, 0.1) is 17.7 Å². The normalized spacial score (nSPS) is 28.9. The third-order valence-electron chi connectivity index (χ3n) is 4.12. The summed E-state index contributed by atoms with van der Waals surface area (Å²) in [5.41, 5.74) is -0.123. The Morgan fingerprint density at radius 2 is 2.05 bits per heavy atom. The van der Waals surface area contributed by atoms with Crippen LogP contribution < -0.4 is 0 Å². The largest absolute Gasteiger partial charge is 0.480 e. The molecule has 3 rings (SSSR count). The number of carbonyl (C=O) groups excluding carboxylic acids is 1. The highest BCUT2D eigenvalue weighted by molar-refractivity contribution is 5.88. The molecule has 1 aromatic carbocycles. The molecule has 0 bridgehead atoms. The molecule has 0 radical (unpaired) electrons. The SMILES string of the molecule is O=C(O)[C@@H]1[C@@H]2C[C@@H]2CN1C(=O)C(O)c1ccccc1F. The second-order valence-corrected chi connectivity index (χ2v) is 5.36. The zero-order valence-corrected chi connectivity index (χ0v) is 10.6. The number of hydrogen-bond acceptors (Lipinski definition) is 3. The number of hydrogen-bond donors (Lipinski definition) is 2. The average molecular weight is 279 g/mol. The highest BCUT2D eigenvalue weighted by Crippen LogP contribution is 2.50. The summed E-state index contributed by atoms with van der Waals surface area (Å²) in [6.07, 6.45) is -0.855. The number of aliphatic hydroxyl groups is 1. The summed E-state index contributed by atoms with van der Waals surface area (Å²) in [4.78, 5) is 24.6. The number of carboxylic acids is 1. The Labute approximate surface area is 114 Å². The fraction of sp³-hybridized carbons (Fsp3) is 0.429. The van der Waals surface area contributed by atoms with E-state index in [4.69, 9.17) is 0 Å². The molecule has 4 atom stereocenters. The van der Waals surface area contributed by atoms with E-state index in [1.807, 2.05) is 0 Å². The fourth-order valence-corrected chi connectivity index (χ4v) is 3.00. The zero-order valence-electron chi connectivity index (χ0n) is 10.6. The van der Waals surface area contributed by atoms with Crippen molar-refractivity contribution in [3.8, 4) is 0 Å². The van der Waals surface area contributed by atoms with E-state index in [-0.39, 0.29) is 17.4 Å². The number of carbonyl (C=O) groups is 2. The van der Waals surface area contributed by atoms with Crippen LogP contribution >= 0.6 is 0 Å². The molecular formula is C14H14FNO4. The number of fused-ring (bicyclic) bond motifs is 1. The first-order valence-corrected chi connectivity index (χ1v) is 6.46. The Morgan fingerprint density at radius 3 is 2.70 bits per heavy atom. The molecule has 2 aliphatic rings. The van der Waals surface area contributed by atoms with Crippen LogP contribution in [0.5, 0.6) is 0 Å². The maximum absolute atomic E-state index is 13.6. The van der Waals surface area contributed by atoms with E-state index < -0.39 is 29.8 Å². The van der Waals surface area contributed by atoms with E-state index in [0.717, 1.165) is 17.4 Å². The molecule has 1 unspecified atom stereocenters. The minimum atomic E-state index is -1.66. The van der Waals surface area contributed by atoms with Crippen LogP contribution in [-0.4, -0.2) is 39.6 Å². The number of carboxylic acid groups (broad SMARTS) is 1. The highest BCUT2D eigenvalue weighted by atomic mass is 19.1. The minimum Gasteiger partial charge on any atom is -0.480 e. The van der Waals surface area contributed by atoms with Gasteiger partial charge in [0.2, 0.25) is 0 Å². The quantitative estimate of drug-likeness (QED) is 0.857. The summed E-state index contributed by atoms with van der Waals surface area (Å²) in [7, 11) is 0. The molecule has 1 saturated carbocycles. The van der Waals surface area contributed by atoms with Gasteiger partial charge in [-0.3, -0.25) is 4.79 Å². The van der Waals surface area contributed by atoms with Gasteiger partial charge in [-0.15, -0.1) is 0 Å². The molecule has 1 amide bonds. The summed E-state index contributed by atoms with van der Waals surface area (Å²) in [6.45, 7) is 0.325. The molecule has 2 fully saturated rings. The first-order chi connectivity index (χ1) is 9.50. The Morgan fingerprint density at radius 1 is 1.35 bits per heavy atom. The van der Waals surface area contributed by atoms with Gasteiger partial charge in [0.05, 0.1) is 0 Å². The second kappa shape index (κ2) is 4.56. The number of halogens is 1. The van der Waals surface area contributed by atoms with Crippen LogP contribution in [0.3, 0.4) is 0 Å². The van der Waals surface area contributed by atoms with Crippen molar-refractivity contribution in [1.29, 1.82) is 0 Å². The topological polar surface area (TPSA) is 77.8 Å². The molecule has 1 aromatic rings. The molecule has 1 aliphatic heterocycles. The summed E-state index contributed by atoms with van der Waals surface area (Å²) in [6, 6.07) is 4.56. The van der Waals surface area contributed by atoms with Crippen molar-refractivity contribution in [3.05, 3.63) is 35.6 Å². The minimum absolute atomic E-state index is 0.0238. The van der Waals surface area contributed by atoms with Gasteiger partial charge < -0.3 is 15.1 Å². The van der Waals surface area contributed by atoms with Crippen molar-refractivity contribution < 1.29 is 24.2 Å². The van der Waals surface area contributed by atoms with E-state index in [0.29, 0.717) is 6.54 Å². The number of amides is 1. The fourth-order valence-electron chi connectivity index (χ4n) is 3.00. The molecule has 6 heteroatoms. The molecule has 1 aliphatic carbocycles. The lowest BCUT2D eigenvalue weighted by Gasteiger charge is -2.26. The van der Waals surface area contributed by atoms with Crippen molar-refractivity contribution in [2.24, 2.45) is 11.8 Å². The number of piperidine rings is 1. The van der Waals surface area contributed by atoms with Crippen molar-refractivity contribution >= 4 is 11.9 Å². The highest BCUT2D eigenvalue weighted by Gasteiger charge is 2.57. The maximum Gasteiger partial charge on any atom is 0.326 e. The lowest BCUT2D eigenvalue weighted by Crippen LogP contribution is -2.45. The number of aliphatic carboxylic acids is 1. The van der Waals surface area contributed by atoms with Crippen LogP contribution in [0.15, 0.2) is 24.3 Å². The van der Waals surface area contributed by atoms with Gasteiger partial charge in [0.15, 0.2) is 6.10 Å². The number of rotatable bonds is 3. The third kappa shape index (κ3) is 1.96. The van der Waals surface area contributed by atoms with Gasteiger partial charge in [-0.2, -0.15) is 0 Å². The van der Waals surface area contributed by atoms with E-state index in [1.54, 1.807) is 0 Å². The standard InChI is InChI=1S/C14H14FNO4/c15-10-4-2-1-3-8(10)12(17)13(18)16-6-7-5-9(7)11(16)14(19)20/h1-4,7,9,11-12,17H,5-6H2,(H,19,20)/t7-,9-,11+,12?/m1/s1.